The monoisotopic (exact) mass is 389 g/mol. The highest BCUT2D eigenvalue weighted by atomic mass is 79.9. The summed E-state index contributed by atoms with van der Waals surface area (Å²) in [5.74, 6) is -1.83. The van der Waals surface area contributed by atoms with Crippen molar-refractivity contribution in [1.82, 2.24) is 0 Å². The van der Waals surface area contributed by atoms with Crippen LogP contribution in [0, 0.1) is 21.8 Å². The Balaban J connectivity index is 2.87. The van der Waals surface area contributed by atoms with Gasteiger partial charge >= 0.3 is 5.69 Å². The smallest absolute Gasteiger partial charge is 0.312 e. The SMILES string of the molecule is CC(COc1cc(F)c(Br)cc1[N+](=O)[O-])CS(=O)(=O)Cl. The van der Waals surface area contributed by atoms with Crippen LogP contribution in [0.1, 0.15) is 6.92 Å². The first kappa shape index (κ1) is 17.1. The molecule has 0 radical (unpaired) electrons. The van der Waals surface area contributed by atoms with Crippen LogP contribution < -0.4 is 4.74 Å². The molecule has 112 valence electrons. The van der Waals surface area contributed by atoms with Gasteiger partial charge in [-0.05, 0) is 15.9 Å². The van der Waals surface area contributed by atoms with Gasteiger partial charge in [0, 0.05) is 28.7 Å². The van der Waals surface area contributed by atoms with Gasteiger partial charge in [-0.1, -0.05) is 6.92 Å². The molecule has 0 saturated carbocycles. The van der Waals surface area contributed by atoms with Crippen LogP contribution in [0.4, 0.5) is 10.1 Å². The van der Waals surface area contributed by atoms with E-state index >= 15 is 0 Å². The summed E-state index contributed by atoms with van der Waals surface area (Å²) < 4.78 is 40.1. The van der Waals surface area contributed by atoms with Crippen molar-refractivity contribution in [1.29, 1.82) is 0 Å². The summed E-state index contributed by atoms with van der Waals surface area (Å²) in [6.07, 6.45) is 0. The third-order valence-corrected chi connectivity index (χ3v) is 4.16. The molecule has 1 aromatic carbocycles. The molecule has 0 aliphatic rings. The number of ether oxygens (including phenoxy) is 1. The summed E-state index contributed by atoms with van der Waals surface area (Å²) >= 11 is 2.84. The number of hydrogen-bond donors (Lipinski definition) is 0. The Bertz CT molecular complexity index is 624. The lowest BCUT2D eigenvalue weighted by Gasteiger charge is -2.12. The van der Waals surface area contributed by atoms with E-state index in [9.17, 15) is 22.9 Å². The van der Waals surface area contributed by atoms with Crippen LogP contribution in [0.2, 0.25) is 0 Å². The number of nitro groups is 1. The van der Waals surface area contributed by atoms with Gasteiger partial charge in [0.15, 0.2) is 5.75 Å². The summed E-state index contributed by atoms with van der Waals surface area (Å²) in [5.41, 5.74) is -0.417. The molecule has 1 unspecified atom stereocenters. The van der Waals surface area contributed by atoms with Gasteiger partial charge < -0.3 is 4.74 Å². The molecule has 0 aromatic heterocycles. The van der Waals surface area contributed by atoms with E-state index in [1.54, 1.807) is 6.92 Å². The fourth-order valence-corrected chi connectivity index (χ4v) is 3.15. The van der Waals surface area contributed by atoms with Crippen LogP contribution in [0.25, 0.3) is 0 Å². The Hall–Kier alpha value is -0.930. The summed E-state index contributed by atoms with van der Waals surface area (Å²) in [6.45, 7) is 1.40. The lowest BCUT2D eigenvalue weighted by molar-refractivity contribution is -0.386. The molecule has 1 rings (SSSR count). The van der Waals surface area contributed by atoms with Crippen LogP contribution in [0.15, 0.2) is 16.6 Å². The maximum Gasteiger partial charge on any atom is 0.312 e. The number of benzene rings is 1. The van der Waals surface area contributed by atoms with Crippen molar-refractivity contribution in [3.8, 4) is 5.75 Å². The topological polar surface area (TPSA) is 86.5 Å². The average Bonchev–Trinajstić information content (AvgIpc) is 2.27. The predicted molar refractivity (Wildman–Crippen MR) is 75.1 cm³/mol. The third kappa shape index (κ3) is 5.22. The summed E-state index contributed by atoms with van der Waals surface area (Å²) in [5, 5.41) is 10.8. The summed E-state index contributed by atoms with van der Waals surface area (Å²) in [6, 6.07) is 1.84. The molecule has 0 spiro atoms. The molecule has 1 atom stereocenters. The van der Waals surface area contributed by atoms with Crippen LogP contribution in [-0.2, 0) is 9.05 Å². The van der Waals surface area contributed by atoms with Gasteiger partial charge in [-0.15, -0.1) is 0 Å². The molecule has 20 heavy (non-hydrogen) atoms. The van der Waals surface area contributed by atoms with Crippen molar-refractivity contribution < 1.29 is 22.5 Å². The maximum absolute atomic E-state index is 13.4. The van der Waals surface area contributed by atoms with E-state index in [0.29, 0.717) is 0 Å². The van der Waals surface area contributed by atoms with E-state index in [2.05, 4.69) is 15.9 Å². The quantitative estimate of drug-likeness (QED) is 0.423. The Morgan fingerprint density at radius 3 is 2.65 bits per heavy atom. The van der Waals surface area contributed by atoms with Gasteiger partial charge in [0.2, 0.25) is 9.05 Å². The molecule has 10 heteroatoms. The number of nitrogens with zero attached hydrogens (tertiary/aromatic N) is 1. The zero-order valence-corrected chi connectivity index (χ0v) is 13.3. The molecule has 1 aromatic rings. The van der Waals surface area contributed by atoms with Gasteiger partial charge in [-0.3, -0.25) is 10.1 Å². The Labute approximate surface area is 127 Å². The van der Waals surface area contributed by atoms with E-state index in [0.717, 1.165) is 12.1 Å². The highest BCUT2D eigenvalue weighted by molar-refractivity contribution is 9.10. The molecule has 0 saturated heterocycles. The molecule has 0 amide bonds. The first-order valence-electron chi connectivity index (χ1n) is 5.28. The molecule has 0 aliphatic heterocycles. The van der Waals surface area contributed by atoms with Crippen LogP contribution in [0.5, 0.6) is 5.75 Å². The lowest BCUT2D eigenvalue weighted by Crippen LogP contribution is -2.17. The zero-order chi connectivity index (χ0) is 15.5. The maximum atomic E-state index is 13.4. The van der Waals surface area contributed by atoms with Crippen LogP contribution in [0.3, 0.4) is 0 Å². The number of halogens is 3. The minimum Gasteiger partial charge on any atom is -0.486 e. The van der Waals surface area contributed by atoms with Gasteiger partial charge in [0.05, 0.1) is 21.8 Å². The fourth-order valence-electron chi connectivity index (χ4n) is 1.40. The van der Waals surface area contributed by atoms with Gasteiger partial charge in [0.1, 0.15) is 5.82 Å². The van der Waals surface area contributed by atoms with E-state index in [4.69, 9.17) is 15.4 Å². The Morgan fingerprint density at radius 1 is 1.55 bits per heavy atom. The van der Waals surface area contributed by atoms with Crippen LogP contribution in [-0.4, -0.2) is 25.7 Å². The van der Waals surface area contributed by atoms with Crippen molar-refractivity contribution >= 4 is 41.4 Å². The first-order valence-corrected chi connectivity index (χ1v) is 8.56. The molecule has 0 fully saturated rings. The largest absolute Gasteiger partial charge is 0.486 e. The number of nitro benzene ring substituents is 1. The molecule has 6 nitrogen and oxygen atoms in total. The minimum absolute atomic E-state index is 0.0621. The number of rotatable bonds is 6. The molecular formula is C10H10BrClFNO5S. The van der Waals surface area contributed by atoms with Crippen LogP contribution >= 0.6 is 26.6 Å². The first-order chi connectivity index (χ1) is 9.10. The van der Waals surface area contributed by atoms with Crippen molar-refractivity contribution in [3.63, 3.8) is 0 Å². The average molecular weight is 391 g/mol. The van der Waals surface area contributed by atoms with Crippen molar-refractivity contribution in [3.05, 3.63) is 32.5 Å². The molecular weight excluding hydrogens is 381 g/mol. The van der Waals surface area contributed by atoms with E-state index in [-0.39, 0.29) is 22.6 Å². The predicted octanol–water partition coefficient (Wildman–Crippen LogP) is 3.08. The Kier molecular flexibility index (Phi) is 5.72. The van der Waals surface area contributed by atoms with Gasteiger partial charge in [-0.2, -0.15) is 0 Å². The second-order valence-corrected chi connectivity index (χ2v) is 7.79. The highest BCUT2D eigenvalue weighted by Gasteiger charge is 2.20. The third-order valence-electron chi connectivity index (χ3n) is 2.21. The van der Waals surface area contributed by atoms with Crippen molar-refractivity contribution in [2.24, 2.45) is 5.92 Å². The van der Waals surface area contributed by atoms with Crippen molar-refractivity contribution in [2.75, 3.05) is 12.4 Å². The lowest BCUT2D eigenvalue weighted by atomic mass is 10.2. The zero-order valence-electron chi connectivity index (χ0n) is 10.2. The molecule has 0 heterocycles. The molecule has 0 aliphatic carbocycles. The fraction of sp³-hybridized carbons (Fsp3) is 0.400. The normalized spacial score (nSPS) is 13.0. The van der Waals surface area contributed by atoms with Gasteiger partial charge in [0.25, 0.3) is 0 Å². The van der Waals surface area contributed by atoms with E-state index in [1.165, 1.54) is 0 Å². The molecule has 0 N–H and O–H groups in total. The van der Waals surface area contributed by atoms with E-state index in [1.807, 2.05) is 0 Å². The number of hydrogen-bond acceptors (Lipinski definition) is 5. The standard InChI is InChI=1S/C10H10BrClFNO5S/c1-6(5-20(12,17)18)4-19-10-3-8(13)7(11)2-9(10)14(15)16/h2-3,6H,4-5H2,1H3. The Morgan fingerprint density at radius 2 is 2.15 bits per heavy atom. The second kappa shape index (κ2) is 6.68. The van der Waals surface area contributed by atoms with E-state index < -0.39 is 31.4 Å². The van der Waals surface area contributed by atoms with Crippen molar-refractivity contribution in [2.45, 2.75) is 6.92 Å². The summed E-state index contributed by atoms with van der Waals surface area (Å²) in [7, 11) is 1.39. The minimum atomic E-state index is -3.69. The highest BCUT2D eigenvalue weighted by Crippen LogP contribution is 2.32. The second-order valence-electron chi connectivity index (χ2n) is 4.11. The molecule has 0 bridgehead atoms. The summed E-state index contributed by atoms with van der Waals surface area (Å²) in [4.78, 5) is 10.1. The van der Waals surface area contributed by atoms with Gasteiger partial charge in [-0.25, -0.2) is 12.8 Å².